The van der Waals surface area contributed by atoms with Crippen molar-refractivity contribution >= 4 is 15.9 Å². The van der Waals surface area contributed by atoms with Crippen molar-refractivity contribution in [3.63, 3.8) is 0 Å². The maximum atomic E-state index is 13.5. The molecule has 2 aromatic rings. The Labute approximate surface area is 126 Å². The number of rotatable bonds is 5. The summed E-state index contributed by atoms with van der Waals surface area (Å²) in [6.45, 7) is 3.09. The SMILES string of the molecule is Cc1cc(F)ccc1CCNCc1cc(Br)ccc1F. The van der Waals surface area contributed by atoms with E-state index in [9.17, 15) is 8.78 Å². The monoisotopic (exact) mass is 339 g/mol. The van der Waals surface area contributed by atoms with Crippen LogP contribution in [0.4, 0.5) is 8.78 Å². The van der Waals surface area contributed by atoms with Gasteiger partial charge in [-0.2, -0.15) is 0 Å². The van der Waals surface area contributed by atoms with Crippen LogP contribution in [0.5, 0.6) is 0 Å². The molecule has 0 saturated carbocycles. The first kappa shape index (κ1) is 15.1. The molecule has 0 bridgehead atoms. The van der Waals surface area contributed by atoms with Crippen molar-refractivity contribution in [2.24, 2.45) is 0 Å². The van der Waals surface area contributed by atoms with E-state index in [1.54, 1.807) is 18.2 Å². The number of halogens is 3. The Kier molecular flexibility index (Phi) is 5.26. The summed E-state index contributed by atoms with van der Waals surface area (Å²) in [5, 5.41) is 3.21. The maximum absolute atomic E-state index is 13.5. The van der Waals surface area contributed by atoms with Crippen LogP contribution in [0, 0.1) is 18.6 Å². The van der Waals surface area contributed by atoms with Crippen LogP contribution in [-0.4, -0.2) is 6.54 Å². The molecule has 0 heterocycles. The zero-order chi connectivity index (χ0) is 14.5. The molecule has 4 heteroatoms. The Morgan fingerprint density at radius 2 is 1.85 bits per heavy atom. The van der Waals surface area contributed by atoms with Gasteiger partial charge in [0.2, 0.25) is 0 Å². The Balaban J connectivity index is 1.86. The van der Waals surface area contributed by atoms with Gasteiger partial charge in [-0.05, 0) is 61.3 Å². The van der Waals surface area contributed by atoms with E-state index in [0.717, 1.165) is 28.6 Å². The van der Waals surface area contributed by atoms with E-state index in [1.165, 1.54) is 18.2 Å². The van der Waals surface area contributed by atoms with Crippen LogP contribution in [0.25, 0.3) is 0 Å². The molecule has 20 heavy (non-hydrogen) atoms. The first-order valence-corrected chi connectivity index (χ1v) is 7.25. The van der Waals surface area contributed by atoms with Gasteiger partial charge in [0.15, 0.2) is 0 Å². The summed E-state index contributed by atoms with van der Waals surface area (Å²) < 4.78 is 27.4. The number of aryl methyl sites for hydroxylation is 1. The molecule has 0 saturated heterocycles. The molecule has 0 aromatic heterocycles. The first-order valence-electron chi connectivity index (χ1n) is 6.46. The van der Waals surface area contributed by atoms with Crippen molar-refractivity contribution in [2.75, 3.05) is 6.54 Å². The van der Waals surface area contributed by atoms with Crippen molar-refractivity contribution in [2.45, 2.75) is 19.9 Å². The van der Waals surface area contributed by atoms with E-state index in [4.69, 9.17) is 0 Å². The summed E-state index contributed by atoms with van der Waals surface area (Å²) in [7, 11) is 0. The molecule has 0 spiro atoms. The van der Waals surface area contributed by atoms with Crippen LogP contribution in [0.2, 0.25) is 0 Å². The van der Waals surface area contributed by atoms with Crippen molar-refractivity contribution in [1.29, 1.82) is 0 Å². The lowest BCUT2D eigenvalue weighted by Crippen LogP contribution is -2.17. The molecule has 0 fully saturated rings. The van der Waals surface area contributed by atoms with E-state index in [2.05, 4.69) is 21.2 Å². The fraction of sp³-hybridized carbons (Fsp3) is 0.250. The highest BCUT2D eigenvalue weighted by Gasteiger charge is 2.03. The average molecular weight is 340 g/mol. The smallest absolute Gasteiger partial charge is 0.127 e. The minimum absolute atomic E-state index is 0.210. The summed E-state index contributed by atoms with van der Waals surface area (Å²) >= 11 is 3.33. The zero-order valence-electron chi connectivity index (χ0n) is 11.2. The van der Waals surface area contributed by atoms with E-state index in [0.29, 0.717) is 12.1 Å². The van der Waals surface area contributed by atoms with Crippen LogP contribution in [-0.2, 0) is 13.0 Å². The minimum atomic E-state index is -0.213. The molecular formula is C16H16BrF2N. The van der Waals surface area contributed by atoms with E-state index in [1.807, 2.05) is 6.92 Å². The normalized spacial score (nSPS) is 10.8. The standard InChI is InChI=1S/C16H16BrF2N/c1-11-8-15(18)4-2-12(11)6-7-20-10-13-9-14(17)3-5-16(13)19/h2-5,8-9,20H,6-7,10H2,1H3. The molecule has 0 atom stereocenters. The first-order chi connectivity index (χ1) is 9.56. The van der Waals surface area contributed by atoms with Gasteiger partial charge in [0.1, 0.15) is 11.6 Å². The highest BCUT2D eigenvalue weighted by Crippen LogP contribution is 2.15. The number of nitrogens with one attached hydrogen (secondary N) is 1. The number of hydrogen-bond donors (Lipinski definition) is 1. The molecule has 0 aliphatic heterocycles. The highest BCUT2D eigenvalue weighted by molar-refractivity contribution is 9.10. The molecule has 1 nitrogen and oxygen atoms in total. The third-order valence-corrected chi connectivity index (χ3v) is 3.69. The highest BCUT2D eigenvalue weighted by atomic mass is 79.9. The molecule has 0 aliphatic rings. The van der Waals surface area contributed by atoms with Crippen LogP contribution in [0.1, 0.15) is 16.7 Å². The molecule has 0 unspecified atom stereocenters. The molecular weight excluding hydrogens is 324 g/mol. The Hall–Kier alpha value is -1.26. The van der Waals surface area contributed by atoms with Gasteiger partial charge in [0.05, 0.1) is 0 Å². The Morgan fingerprint density at radius 3 is 2.60 bits per heavy atom. The van der Waals surface area contributed by atoms with Crippen LogP contribution < -0.4 is 5.32 Å². The van der Waals surface area contributed by atoms with Gasteiger partial charge in [-0.1, -0.05) is 22.0 Å². The topological polar surface area (TPSA) is 12.0 Å². The van der Waals surface area contributed by atoms with Gasteiger partial charge < -0.3 is 5.32 Å². The van der Waals surface area contributed by atoms with Gasteiger partial charge in [-0.25, -0.2) is 8.78 Å². The molecule has 1 N–H and O–H groups in total. The van der Waals surface area contributed by atoms with E-state index < -0.39 is 0 Å². The second kappa shape index (κ2) is 6.95. The van der Waals surface area contributed by atoms with Crippen LogP contribution in [0.3, 0.4) is 0 Å². The molecule has 0 aliphatic carbocycles. The minimum Gasteiger partial charge on any atom is -0.312 e. The number of hydrogen-bond acceptors (Lipinski definition) is 1. The molecule has 106 valence electrons. The second-order valence-corrected chi connectivity index (χ2v) is 5.65. The van der Waals surface area contributed by atoms with Gasteiger partial charge in [-0.15, -0.1) is 0 Å². The lowest BCUT2D eigenvalue weighted by Gasteiger charge is -2.08. The van der Waals surface area contributed by atoms with Gasteiger partial charge in [0.25, 0.3) is 0 Å². The van der Waals surface area contributed by atoms with Crippen molar-refractivity contribution < 1.29 is 8.78 Å². The second-order valence-electron chi connectivity index (χ2n) is 4.73. The molecule has 0 radical (unpaired) electrons. The van der Waals surface area contributed by atoms with E-state index >= 15 is 0 Å². The van der Waals surface area contributed by atoms with Gasteiger partial charge in [0, 0.05) is 16.6 Å². The van der Waals surface area contributed by atoms with Crippen molar-refractivity contribution in [3.8, 4) is 0 Å². The fourth-order valence-electron chi connectivity index (χ4n) is 2.06. The predicted octanol–water partition coefficient (Wildman–Crippen LogP) is 4.37. The van der Waals surface area contributed by atoms with Crippen LogP contribution in [0.15, 0.2) is 40.9 Å². The molecule has 0 amide bonds. The summed E-state index contributed by atoms with van der Waals surface area (Å²) in [6, 6.07) is 9.70. The predicted molar refractivity (Wildman–Crippen MR) is 80.6 cm³/mol. The van der Waals surface area contributed by atoms with Gasteiger partial charge >= 0.3 is 0 Å². The summed E-state index contributed by atoms with van der Waals surface area (Å²) in [5.41, 5.74) is 2.68. The molecule has 2 aromatic carbocycles. The Bertz CT molecular complexity index is 599. The van der Waals surface area contributed by atoms with E-state index in [-0.39, 0.29) is 11.6 Å². The van der Waals surface area contributed by atoms with Crippen LogP contribution >= 0.6 is 15.9 Å². The fourth-order valence-corrected chi connectivity index (χ4v) is 2.47. The lowest BCUT2D eigenvalue weighted by atomic mass is 10.1. The third kappa shape index (κ3) is 4.12. The maximum Gasteiger partial charge on any atom is 0.127 e. The van der Waals surface area contributed by atoms with Crippen molar-refractivity contribution in [3.05, 3.63) is 69.2 Å². The third-order valence-electron chi connectivity index (χ3n) is 3.20. The Morgan fingerprint density at radius 1 is 1.05 bits per heavy atom. The largest absolute Gasteiger partial charge is 0.312 e. The summed E-state index contributed by atoms with van der Waals surface area (Å²) in [6.07, 6.45) is 0.793. The quantitative estimate of drug-likeness (QED) is 0.797. The van der Waals surface area contributed by atoms with Crippen molar-refractivity contribution in [1.82, 2.24) is 5.32 Å². The zero-order valence-corrected chi connectivity index (χ0v) is 12.8. The summed E-state index contributed by atoms with van der Waals surface area (Å²) in [5.74, 6) is -0.422. The average Bonchev–Trinajstić information content (AvgIpc) is 2.40. The summed E-state index contributed by atoms with van der Waals surface area (Å²) in [4.78, 5) is 0. The number of benzene rings is 2. The van der Waals surface area contributed by atoms with Gasteiger partial charge in [-0.3, -0.25) is 0 Å². The lowest BCUT2D eigenvalue weighted by molar-refractivity contribution is 0.587. The molecule has 2 rings (SSSR count).